The molecule has 3 rings (SSSR count). The lowest BCUT2D eigenvalue weighted by atomic mass is 10.1. The number of benzene rings is 1. The number of aromatic nitrogens is 2. The molecule has 3 aromatic rings. The van der Waals surface area contributed by atoms with Gasteiger partial charge in [0.05, 0.1) is 23.1 Å². The quantitative estimate of drug-likeness (QED) is 0.691. The Labute approximate surface area is 103 Å². The summed E-state index contributed by atoms with van der Waals surface area (Å²) in [6, 6.07) is 12.1. The molecular weight excluding hydrogens is 232 g/mol. The predicted molar refractivity (Wildman–Crippen MR) is 69.4 cm³/mol. The molecule has 0 unspecified atom stereocenters. The summed E-state index contributed by atoms with van der Waals surface area (Å²) in [4.78, 5) is 5.58. The van der Waals surface area contributed by atoms with Crippen LogP contribution in [0.2, 0.25) is 0 Å². The van der Waals surface area contributed by atoms with Gasteiger partial charge in [0, 0.05) is 11.6 Å². The van der Waals surface area contributed by atoms with Gasteiger partial charge in [-0.15, -0.1) is 0 Å². The number of ether oxygens (including phenoxy) is 1. The highest BCUT2D eigenvalue weighted by Crippen LogP contribution is 2.33. The van der Waals surface area contributed by atoms with E-state index >= 15 is 0 Å². The van der Waals surface area contributed by atoms with E-state index in [9.17, 15) is 0 Å². The minimum Gasteiger partial charge on any atom is -0.481 e. The largest absolute Gasteiger partial charge is 0.481 e. The van der Waals surface area contributed by atoms with E-state index in [0.29, 0.717) is 5.88 Å². The lowest BCUT2D eigenvalue weighted by Crippen LogP contribution is -1.91. The molecule has 0 aliphatic heterocycles. The summed E-state index contributed by atoms with van der Waals surface area (Å²) in [6.07, 6.45) is 1.79. The van der Waals surface area contributed by atoms with Gasteiger partial charge in [-0.1, -0.05) is 18.2 Å². The fourth-order valence-corrected chi connectivity index (χ4v) is 2.39. The Morgan fingerprint density at radius 1 is 1.18 bits per heavy atom. The standard InChI is InChI=1S/C13H10N2OS/c1-16-13-10(12-6-7-14-17-12)8-9-4-2-3-5-11(9)15-13/h2-8H,1H3. The lowest BCUT2D eigenvalue weighted by molar-refractivity contribution is 0.401. The normalized spacial score (nSPS) is 10.6. The molecule has 1 aromatic carbocycles. The number of nitrogens with zero attached hydrogens (tertiary/aromatic N) is 2. The molecule has 2 aromatic heterocycles. The number of methoxy groups -OCH3 is 1. The maximum Gasteiger partial charge on any atom is 0.222 e. The van der Waals surface area contributed by atoms with Gasteiger partial charge in [0.25, 0.3) is 0 Å². The molecule has 84 valence electrons. The van der Waals surface area contributed by atoms with Crippen LogP contribution in [0.3, 0.4) is 0 Å². The Balaban J connectivity index is 2.29. The van der Waals surface area contributed by atoms with Crippen LogP contribution in [0.25, 0.3) is 21.3 Å². The van der Waals surface area contributed by atoms with E-state index in [1.807, 2.05) is 30.3 Å². The van der Waals surface area contributed by atoms with E-state index in [1.54, 1.807) is 13.3 Å². The molecule has 3 nitrogen and oxygen atoms in total. The topological polar surface area (TPSA) is 35.0 Å². The Morgan fingerprint density at radius 2 is 2.06 bits per heavy atom. The number of hydrogen-bond donors (Lipinski definition) is 0. The first-order valence-corrected chi connectivity index (χ1v) is 6.00. The zero-order chi connectivity index (χ0) is 11.7. The zero-order valence-corrected chi connectivity index (χ0v) is 10.1. The highest BCUT2D eigenvalue weighted by Gasteiger charge is 2.10. The second-order valence-corrected chi connectivity index (χ2v) is 4.45. The predicted octanol–water partition coefficient (Wildman–Crippen LogP) is 3.37. The molecule has 0 saturated heterocycles. The van der Waals surface area contributed by atoms with Crippen LogP contribution in [-0.2, 0) is 0 Å². The maximum absolute atomic E-state index is 5.35. The number of pyridine rings is 1. The molecule has 0 aliphatic rings. The fraction of sp³-hybridized carbons (Fsp3) is 0.0769. The van der Waals surface area contributed by atoms with Crippen molar-refractivity contribution in [2.45, 2.75) is 0 Å². The van der Waals surface area contributed by atoms with Crippen LogP contribution in [-0.4, -0.2) is 16.5 Å². The van der Waals surface area contributed by atoms with Gasteiger partial charge in [-0.25, -0.2) is 9.36 Å². The molecule has 0 spiro atoms. The summed E-state index contributed by atoms with van der Waals surface area (Å²) in [5, 5.41) is 1.11. The van der Waals surface area contributed by atoms with E-state index in [1.165, 1.54) is 11.5 Å². The average molecular weight is 242 g/mol. The summed E-state index contributed by atoms with van der Waals surface area (Å²) >= 11 is 1.44. The smallest absolute Gasteiger partial charge is 0.222 e. The highest BCUT2D eigenvalue weighted by atomic mass is 32.1. The molecule has 4 heteroatoms. The van der Waals surface area contributed by atoms with Gasteiger partial charge in [-0.2, -0.15) is 0 Å². The summed E-state index contributed by atoms with van der Waals surface area (Å²) < 4.78 is 9.46. The van der Waals surface area contributed by atoms with Crippen LogP contribution in [0, 0.1) is 0 Å². The van der Waals surface area contributed by atoms with Gasteiger partial charge in [-0.3, -0.25) is 0 Å². The third-order valence-electron chi connectivity index (χ3n) is 2.59. The van der Waals surface area contributed by atoms with Crippen molar-refractivity contribution in [2.75, 3.05) is 7.11 Å². The number of para-hydroxylation sites is 1. The highest BCUT2D eigenvalue weighted by molar-refractivity contribution is 7.09. The summed E-state index contributed by atoms with van der Waals surface area (Å²) in [7, 11) is 1.64. The molecule has 0 atom stereocenters. The van der Waals surface area contributed by atoms with Gasteiger partial charge in [0.1, 0.15) is 0 Å². The van der Waals surface area contributed by atoms with E-state index in [-0.39, 0.29) is 0 Å². The third-order valence-corrected chi connectivity index (χ3v) is 3.37. The minimum atomic E-state index is 0.646. The summed E-state index contributed by atoms with van der Waals surface area (Å²) in [5.41, 5.74) is 1.94. The lowest BCUT2D eigenvalue weighted by Gasteiger charge is -2.07. The van der Waals surface area contributed by atoms with Crippen molar-refractivity contribution in [3.63, 3.8) is 0 Å². The van der Waals surface area contributed by atoms with Crippen molar-refractivity contribution in [1.29, 1.82) is 0 Å². The van der Waals surface area contributed by atoms with Crippen molar-refractivity contribution in [3.8, 4) is 16.3 Å². The molecule has 17 heavy (non-hydrogen) atoms. The molecule has 0 fully saturated rings. The van der Waals surface area contributed by atoms with E-state index in [2.05, 4.69) is 15.4 Å². The van der Waals surface area contributed by atoms with Crippen molar-refractivity contribution >= 4 is 22.4 Å². The third kappa shape index (κ3) is 1.76. The SMILES string of the molecule is COc1nc2ccccc2cc1-c1ccns1. The molecule has 0 amide bonds. The second-order valence-electron chi connectivity index (χ2n) is 3.61. The maximum atomic E-state index is 5.35. The Hall–Kier alpha value is -1.94. The summed E-state index contributed by atoms with van der Waals surface area (Å²) in [5.74, 6) is 0.646. The number of fused-ring (bicyclic) bond motifs is 1. The van der Waals surface area contributed by atoms with Crippen molar-refractivity contribution in [1.82, 2.24) is 9.36 Å². The zero-order valence-electron chi connectivity index (χ0n) is 9.25. The van der Waals surface area contributed by atoms with Gasteiger partial charge in [0.15, 0.2) is 0 Å². The van der Waals surface area contributed by atoms with Gasteiger partial charge < -0.3 is 4.74 Å². The van der Waals surface area contributed by atoms with Gasteiger partial charge in [-0.05, 0) is 29.7 Å². The van der Waals surface area contributed by atoms with Gasteiger partial charge in [0.2, 0.25) is 5.88 Å². The molecule has 0 radical (unpaired) electrons. The first-order chi connectivity index (χ1) is 8.38. The van der Waals surface area contributed by atoms with Crippen LogP contribution in [0.1, 0.15) is 0 Å². The Kier molecular flexibility index (Phi) is 2.49. The first-order valence-electron chi connectivity index (χ1n) is 5.23. The molecule has 0 saturated carbocycles. The minimum absolute atomic E-state index is 0.646. The van der Waals surface area contributed by atoms with E-state index in [0.717, 1.165) is 21.3 Å². The van der Waals surface area contributed by atoms with Crippen molar-refractivity contribution < 1.29 is 4.74 Å². The van der Waals surface area contributed by atoms with Crippen molar-refractivity contribution in [2.24, 2.45) is 0 Å². The molecule has 2 heterocycles. The average Bonchev–Trinajstić information content (AvgIpc) is 2.91. The van der Waals surface area contributed by atoms with Gasteiger partial charge >= 0.3 is 0 Å². The van der Waals surface area contributed by atoms with Crippen LogP contribution in [0.4, 0.5) is 0 Å². The monoisotopic (exact) mass is 242 g/mol. The Bertz CT molecular complexity index is 650. The van der Waals surface area contributed by atoms with Crippen molar-refractivity contribution in [3.05, 3.63) is 42.6 Å². The first kappa shape index (κ1) is 10.2. The molecular formula is C13H10N2OS. The second kappa shape index (κ2) is 4.14. The van der Waals surface area contributed by atoms with Crippen LogP contribution in [0.5, 0.6) is 5.88 Å². The van der Waals surface area contributed by atoms with Crippen LogP contribution >= 0.6 is 11.5 Å². The van der Waals surface area contributed by atoms with Crippen LogP contribution in [0.15, 0.2) is 42.6 Å². The molecule has 0 aliphatic carbocycles. The molecule has 0 N–H and O–H groups in total. The number of rotatable bonds is 2. The number of hydrogen-bond acceptors (Lipinski definition) is 4. The molecule has 0 bridgehead atoms. The van der Waals surface area contributed by atoms with Crippen LogP contribution < -0.4 is 4.74 Å². The fourth-order valence-electron chi connectivity index (χ4n) is 1.79. The van der Waals surface area contributed by atoms with E-state index in [4.69, 9.17) is 4.74 Å². The van der Waals surface area contributed by atoms with E-state index < -0.39 is 0 Å². The Morgan fingerprint density at radius 3 is 2.82 bits per heavy atom. The summed E-state index contributed by atoms with van der Waals surface area (Å²) in [6.45, 7) is 0.